The second-order valence-electron chi connectivity index (χ2n) is 9.24. The summed E-state index contributed by atoms with van der Waals surface area (Å²) in [6.07, 6.45) is 5.61. The molecule has 1 heterocycles. The summed E-state index contributed by atoms with van der Waals surface area (Å²) < 4.78 is 0. The molecule has 0 saturated carbocycles. The first-order valence-electron chi connectivity index (χ1n) is 12.8. The van der Waals surface area contributed by atoms with E-state index in [-0.39, 0.29) is 0 Å². The Morgan fingerprint density at radius 1 is 0.615 bits per heavy atom. The molecule has 0 unspecified atom stereocenters. The molecule has 0 saturated heterocycles. The average molecular weight is 521 g/mol. The first-order chi connectivity index (χ1) is 19.2. The topological polar surface area (TPSA) is 25.8 Å². The van der Waals surface area contributed by atoms with E-state index in [1.165, 1.54) is 11.1 Å². The monoisotopic (exact) mass is 520 g/mol. The highest BCUT2D eigenvalue weighted by atomic mass is 35.5. The van der Waals surface area contributed by atoms with Gasteiger partial charge in [-0.1, -0.05) is 140 Å². The lowest BCUT2D eigenvalue weighted by molar-refractivity contribution is 1.19. The zero-order chi connectivity index (χ0) is 26.8. The molecule has 0 amide bonds. The molecular formula is C36H25ClN2. The van der Waals surface area contributed by atoms with Gasteiger partial charge < -0.3 is 0 Å². The summed E-state index contributed by atoms with van der Waals surface area (Å²) in [5.41, 5.74) is 7.15. The SMILES string of the molecule is C=C/C=C(\C=C)c1ccc(-c2cc(Cl)nc(-c3ccc(-c4ccccc4)c4ccccc34)n2)c2ccccc12. The maximum atomic E-state index is 6.64. The molecule has 0 fully saturated rings. The van der Waals surface area contributed by atoms with Gasteiger partial charge in [-0.25, -0.2) is 9.97 Å². The maximum Gasteiger partial charge on any atom is 0.162 e. The molecule has 0 spiro atoms. The molecule has 0 N–H and O–H groups in total. The van der Waals surface area contributed by atoms with E-state index in [1.807, 2.05) is 42.5 Å². The summed E-state index contributed by atoms with van der Waals surface area (Å²) in [7, 11) is 0. The van der Waals surface area contributed by atoms with Gasteiger partial charge in [-0.15, -0.1) is 0 Å². The summed E-state index contributed by atoms with van der Waals surface area (Å²) in [6, 6.07) is 37.4. The number of allylic oxidation sites excluding steroid dienone is 4. The van der Waals surface area contributed by atoms with Crippen molar-refractivity contribution in [2.75, 3.05) is 0 Å². The Bertz CT molecular complexity index is 1900. The molecule has 0 atom stereocenters. The van der Waals surface area contributed by atoms with Gasteiger partial charge in [0.2, 0.25) is 0 Å². The van der Waals surface area contributed by atoms with Crippen LogP contribution in [0.5, 0.6) is 0 Å². The van der Waals surface area contributed by atoms with Crippen molar-refractivity contribution >= 4 is 38.7 Å². The predicted molar refractivity (Wildman–Crippen MR) is 167 cm³/mol. The van der Waals surface area contributed by atoms with Crippen molar-refractivity contribution in [2.45, 2.75) is 0 Å². The predicted octanol–water partition coefficient (Wildman–Crippen LogP) is 10.2. The molecular weight excluding hydrogens is 496 g/mol. The van der Waals surface area contributed by atoms with E-state index in [0.29, 0.717) is 11.0 Å². The quantitative estimate of drug-likeness (QED) is 0.161. The van der Waals surface area contributed by atoms with E-state index in [1.54, 1.807) is 6.08 Å². The third kappa shape index (κ3) is 4.56. The van der Waals surface area contributed by atoms with Crippen molar-refractivity contribution in [1.82, 2.24) is 9.97 Å². The van der Waals surface area contributed by atoms with Gasteiger partial charge in [-0.2, -0.15) is 0 Å². The molecule has 39 heavy (non-hydrogen) atoms. The Balaban J connectivity index is 1.54. The van der Waals surface area contributed by atoms with E-state index in [2.05, 4.69) is 97.0 Å². The van der Waals surface area contributed by atoms with Gasteiger partial charge in [0.05, 0.1) is 5.69 Å². The number of benzene rings is 5. The lowest BCUT2D eigenvalue weighted by Gasteiger charge is -2.14. The maximum absolute atomic E-state index is 6.64. The summed E-state index contributed by atoms with van der Waals surface area (Å²) in [6.45, 7) is 7.85. The zero-order valence-electron chi connectivity index (χ0n) is 21.3. The second kappa shape index (κ2) is 10.5. The molecule has 0 aliphatic heterocycles. The molecule has 6 aromatic rings. The van der Waals surface area contributed by atoms with Crippen LogP contribution >= 0.6 is 11.6 Å². The Morgan fingerprint density at radius 3 is 1.90 bits per heavy atom. The Morgan fingerprint density at radius 2 is 1.21 bits per heavy atom. The van der Waals surface area contributed by atoms with Crippen molar-refractivity contribution < 1.29 is 0 Å². The third-order valence-electron chi connectivity index (χ3n) is 6.97. The molecule has 0 radical (unpaired) electrons. The highest BCUT2D eigenvalue weighted by Crippen LogP contribution is 2.37. The van der Waals surface area contributed by atoms with Gasteiger partial charge in [0.15, 0.2) is 5.82 Å². The standard InChI is InChI=1S/C36H25ClN2/c1-3-12-24(4-2)26-19-21-32(30-17-10-8-15-28(26)30)34-23-35(37)39-36(38-34)33-22-20-27(25-13-6-5-7-14-25)29-16-9-11-18-31(29)33/h3-23H,1-2H2/b24-12+. The Hall–Kier alpha value is -4.79. The lowest BCUT2D eigenvalue weighted by Crippen LogP contribution is -1.96. The number of rotatable bonds is 6. The van der Waals surface area contributed by atoms with Crippen molar-refractivity contribution in [1.29, 1.82) is 0 Å². The van der Waals surface area contributed by atoms with Gasteiger partial charge in [-0.05, 0) is 49.9 Å². The van der Waals surface area contributed by atoms with Gasteiger partial charge in [0.25, 0.3) is 0 Å². The van der Waals surface area contributed by atoms with Crippen molar-refractivity contribution in [2.24, 2.45) is 0 Å². The van der Waals surface area contributed by atoms with Crippen LogP contribution in [0.4, 0.5) is 0 Å². The molecule has 186 valence electrons. The van der Waals surface area contributed by atoms with Crippen LogP contribution in [-0.2, 0) is 0 Å². The van der Waals surface area contributed by atoms with Crippen LogP contribution in [0.1, 0.15) is 5.56 Å². The van der Waals surface area contributed by atoms with E-state index in [4.69, 9.17) is 16.6 Å². The number of halogens is 1. The number of aromatic nitrogens is 2. The van der Waals surface area contributed by atoms with Crippen LogP contribution in [-0.4, -0.2) is 9.97 Å². The van der Waals surface area contributed by atoms with Gasteiger partial charge >= 0.3 is 0 Å². The molecule has 6 rings (SSSR count). The van der Waals surface area contributed by atoms with Crippen molar-refractivity contribution in [3.8, 4) is 33.8 Å². The fourth-order valence-electron chi connectivity index (χ4n) is 5.21. The largest absolute Gasteiger partial charge is 0.228 e. The van der Waals surface area contributed by atoms with Crippen LogP contribution < -0.4 is 0 Å². The third-order valence-corrected chi connectivity index (χ3v) is 7.17. The van der Waals surface area contributed by atoms with Crippen molar-refractivity contribution in [3.63, 3.8) is 0 Å². The minimum atomic E-state index is 0.401. The number of fused-ring (bicyclic) bond motifs is 2. The van der Waals surface area contributed by atoms with Gasteiger partial charge in [0.1, 0.15) is 5.15 Å². The lowest BCUT2D eigenvalue weighted by atomic mass is 9.93. The molecule has 2 nitrogen and oxygen atoms in total. The summed E-state index contributed by atoms with van der Waals surface area (Å²) >= 11 is 6.64. The van der Waals surface area contributed by atoms with Crippen molar-refractivity contribution in [3.05, 3.63) is 151 Å². The van der Waals surface area contributed by atoms with Crippen LogP contribution in [0.15, 0.2) is 141 Å². The zero-order valence-corrected chi connectivity index (χ0v) is 22.1. The normalized spacial score (nSPS) is 11.6. The van der Waals surface area contributed by atoms with E-state index >= 15 is 0 Å². The second-order valence-corrected chi connectivity index (χ2v) is 9.63. The smallest absolute Gasteiger partial charge is 0.162 e. The summed E-state index contributed by atoms with van der Waals surface area (Å²) in [4.78, 5) is 9.73. The fourth-order valence-corrected chi connectivity index (χ4v) is 5.39. The first kappa shape index (κ1) is 24.5. The summed E-state index contributed by atoms with van der Waals surface area (Å²) in [5.74, 6) is 0.597. The van der Waals surface area contributed by atoms with Gasteiger partial charge in [0, 0.05) is 17.2 Å². The number of hydrogen-bond acceptors (Lipinski definition) is 2. The Labute approximate surface area is 233 Å². The summed E-state index contributed by atoms with van der Waals surface area (Å²) in [5, 5.41) is 4.82. The average Bonchev–Trinajstić information content (AvgIpc) is 2.99. The van der Waals surface area contributed by atoms with Crippen LogP contribution in [0.3, 0.4) is 0 Å². The minimum absolute atomic E-state index is 0.401. The fraction of sp³-hybridized carbons (Fsp3) is 0. The molecule has 0 aliphatic rings. The van der Waals surface area contributed by atoms with Crippen LogP contribution in [0.2, 0.25) is 5.15 Å². The Kier molecular flexibility index (Phi) is 6.62. The molecule has 3 heteroatoms. The molecule has 0 bridgehead atoms. The molecule has 5 aromatic carbocycles. The van der Waals surface area contributed by atoms with Gasteiger partial charge in [-0.3, -0.25) is 0 Å². The highest BCUT2D eigenvalue weighted by Gasteiger charge is 2.16. The molecule has 0 aliphatic carbocycles. The van der Waals surface area contributed by atoms with E-state index in [0.717, 1.165) is 49.5 Å². The minimum Gasteiger partial charge on any atom is -0.228 e. The molecule has 1 aromatic heterocycles. The number of nitrogens with zero attached hydrogens (tertiary/aromatic N) is 2. The van der Waals surface area contributed by atoms with E-state index < -0.39 is 0 Å². The van der Waals surface area contributed by atoms with Crippen LogP contribution in [0.25, 0.3) is 60.9 Å². The van der Waals surface area contributed by atoms with Crippen LogP contribution in [0, 0.1) is 0 Å². The number of hydrogen-bond donors (Lipinski definition) is 0. The van der Waals surface area contributed by atoms with E-state index in [9.17, 15) is 0 Å². The highest BCUT2D eigenvalue weighted by molar-refractivity contribution is 6.29. The first-order valence-corrected chi connectivity index (χ1v) is 13.2.